The third kappa shape index (κ3) is 2.44. The van der Waals surface area contributed by atoms with Crippen LogP contribution in [0, 0.1) is 13.8 Å². The first-order valence-electron chi connectivity index (χ1n) is 7.26. The molecule has 1 atom stereocenters. The summed E-state index contributed by atoms with van der Waals surface area (Å²) in [4.78, 5) is 12.7. The number of alkyl halides is 1. The van der Waals surface area contributed by atoms with Crippen molar-refractivity contribution in [3.63, 3.8) is 0 Å². The Labute approximate surface area is 134 Å². The first kappa shape index (κ1) is 14.9. The number of rotatable bonds is 2. The summed E-state index contributed by atoms with van der Waals surface area (Å²) in [5.41, 5.74) is 3.97. The number of aryl methyl sites for hydroxylation is 1. The molecule has 3 rings (SSSR count). The van der Waals surface area contributed by atoms with E-state index in [9.17, 15) is 4.79 Å². The second kappa shape index (κ2) is 5.62. The normalized spacial score (nSPS) is 12.5. The predicted molar refractivity (Wildman–Crippen MR) is 91.7 cm³/mol. The fourth-order valence-corrected chi connectivity index (χ4v) is 2.89. The van der Waals surface area contributed by atoms with Crippen LogP contribution in [0.2, 0.25) is 0 Å². The molecule has 3 aromatic rings. The van der Waals surface area contributed by atoms with E-state index in [4.69, 9.17) is 16.0 Å². The van der Waals surface area contributed by atoms with E-state index in [0.717, 1.165) is 16.7 Å². The lowest BCUT2D eigenvalue weighted by atomic mass is 10.0. The number of hydrogen-bond donors (Lipinski definition) is 0. The molecule has 1 aromatic heterocycles. The summed E-state index contributed by atoms with van der Waals surface area (Å²) < 4.78 is 6.12. The van der Waals surface area contributed by atoms with E-state index in [1.54, 1.807) is 6.92 Å². The SMILES string of the molecule is Cc1cc([C@H](C)Cl)c2oc(-c3ccccc3)c(C)c(=O)c2c1. The fourth-order valence-electron chi connectivity index (χ4n) is 2.73. The Hall–Kier alpha value is -2.06. The van der Waals surface area contributed by atoms with Crippen molar-refractivity contribution in [1.82, 2.24) is 0 Å². The Balaban J connectivity index is 2.43. The molecular formula is C19H17ClO2. The molecule has 0 radical (unpaired) electrons. The van der Waals surface area contributed by atoms with Crippen LogP contribution in [0.1, 0.15) is 29.0 Å². The molecule has 0 spiro atoms. The number of halogens is 1. The lowest BCUT2D eigenvalue weighted by Crippen LogP contribution is -2.09. The van der Waals surface area contributed by atoms with Crippen LogP contribution in [0.15, 0.2) is 51.7 Å². The number of benzene rings is 2. The topological polar surface area (TPSA) is 30.2 Å². The Kier molecular flexibility index (Phi) is 3.79. The summed E-state index contributed by atoms with van der Waals surface area (Å²) in [6.45, 7) is 5.65. The van der Waals surface area contributed by atoms with E-state index in [1.165, 1.54) is 0 Å². The van der Waals surface area contributed by atoms with E-state index >= 15 is 0 Å². The highest BCUT2D eigenvalue weighted by Gasteiger charge is 2.17. The van der Waals surface area contributed by atoms with Gasteiger partial charge in [0.15, 0.2) is 5.43 Å². The summed E-state index contributed by atoms with van der Waals surface area (Å²) in [6.07, 6.45) is 0. The molecule has 0 saturated carbocycles. The van der Waals surface area contributed by atoms with Crippen molar-refractivity contribution >= 4 is 22.6 Å². The quantitative estimate of drug-likeness (QED) is 0.595. The molecule has 0 unspecified atom stereocenters. The van der Waals surface area contributed by atoms with Gasteiger partial charge in [-0.1, -0.05) is 36.4 Å². The van der Waals surface area contributed by atoms with Gasteiger partial charge in [-0.2, -0.15) is 0 Å². The fraction of sp³-hybridized carbons (Fsp3) is 0.211. The molecule has 0 saturated heterocycles. The molecule has 0 amide bonds. The predicted octanol–water partition coefficient (Wildman–Crippen LogP) is 5.38. The van der Waals surface area contributed by atoms with Crippen molar-refractivity contribution in [3.8, 4) is 11.3 Å². The maximum absolute atomic E-state index is 12.7. The molecule has 0 aliphatic carbocycles. The van der Waals surface area contributed by atoms with Gasteiger partial charge < -0.3 is 4.42 Å². The molecule has 0 aliphatic heterocycles. The third-order valence-corrected chi connectivity index (χ3v) is 4.09. The maximum Gasteiger partial charge on any atom is 0.196 e. The average molecular weight is 313 g/mol. The highest BCUT2D eigenvalue weighted by Crippen LogP contribution is 2.32. The molecule has 0 N–H and O–H groups in total. The molecule has 2 nitrogen and oxygen atoms in total. The maximum atomic E-state index is 12.7. The minimum Gasteiger partial charge on any atom is -0.455 e. The molecular weight excluding hydrogens is 296 g/mol. The molecule has 112 valence electrons. The first-order valence-corrected chi connectivity index (χ1v) is 7.70. The van der Waals surface area contributed by atoms with Crippen molar-refractivity contribution in [2.24, 2.45) is 0 Å². The highest BCUT2D eigenvalue weighted by molar-refractivity contribution is 6.21. The average Bonchev–Trinajstić information content (AvgIpc) is 2.51. The molecule has 0 bridgehead atoms. The van der Waals surface area contributed by atoms with E-state index in [-0.39, 0.29) is 10.8 Å². The molecule has 0 fully saturated rings. The zero-order valence-corrected chi connectivity index (χ0v) is 13.6. The van der Waals surface area contributed by atoms with Crippen LogP contribution in [-0.2, 0) is 0 Å². The van der Waals surface area contributed by atoms with Gasteiger partial charge in [0.1, 0.15) is 11.3 Å². The van der Waals surface area contributed by atoms with Gasteiger partial charge in [-0.05, 0) is 32.4 Å². The van der Waals surface area contributed by atoms with Gasteiger partial charge >= 0.3 is 0 Å². The smallest absolute Gasteiger partial charge is 0.196 e. The van der Waals surface area contributed by atoms with Crippen molar-refractivity contribution in [3.05, 3.63) is 69.4 Å². The van der Waals surface area contributed by atoms with Crippen molar-refractivity contribution in [1.29, 1.82) is 0 Å². The van der Waals surface area contributed by atoms with Gasteiger partial charge in [0, 0.05) is 16.7 Å². The minimum atomic E-state index is -0.225. The van der Waals surface area contributed by atoms with Gasteiger partial charge in [0.2, 0.25) is 0 Å². The van der Waals surface area contributed by atoms with Gasteiger partial charge in [-0.15, -0.1) is 11.6 Å². The zero-order valence-electron chi connectivity index (χ0n) is 12.8. The zero-order chi connectivity index (χ0) is 15.9. The summed E-state index contributed by atoms with van der Waals surface area (Å²) in [5, 5.41) is 0.372. The summed E-state index contributed by atoms with van der Waals surface area (Å²) in [7, 11) is 0. The van der Waals surface area contributed by atoms with Crippen LogP contribution in [0.4, 0.5) is 0 Å². The highest BCUT2D eigenvalue weighted by atomic mass is 35.5. The number of fused-ring (bicyclic) bond motifs is 1. The van der Waals surface area contributed by atoms with E-state index in [2.05, 4.69) is 0 Å². The summed E-state index contributed by atoms with van der Waals surface area (Å²) in [6, 6.07) is 13.5. The lowest BCUT2D eigenvalue weighted by molar-refractivity contribution is 0.609. The molecule has 22 heavy (non-hydrogen) atoms. The van der Waals surface area contributed by atoms with Crippen LogP contribution in [0.3, 0.4) is 0 Å². The van der Waals surface area contributed by atoms with Crippen LogP contribution >= 0.6 is 11.6 Å². The first-order chi connectivity index (χ1) is 10.5. The number of hydrogen-bond acceptors (Lipinski definition) is 2. The second-order valence-electron chi connectivity index (χ2n) is 5.60. The van der Waals surface area contributed by atoms with Gasteiger partial charge in [-0.3, -0.25) is 4.79 Å². The lowest BCUT2D eigenvalue weighted by Gasteiger charge is -2.12. The van der Waals surface area contributed by atoms with Crippen molar-refractivity contribution in [2.75, 3.05) is 0 Å². The summed E-state index contributed by atoms with van der Waals surface area (Å²) >= 11 is 6.28. The molecule has 1 heterocycles. The Morgan fingerprint density at radius 3 is 2.41 bits per heavy atom. The van der Waals surface area contributed by atoms with Crippen molar-refractivity contribution in [2.45, 2.75) is 26.1 Å². The largest absolute Gasteiger partial charge is 0.455 e. The van der Waals surface area contributed by atoms with Crippen LogP contribution in [0.5, 0.6) is 0 Å². The van der Waals surface area contributed by atoms with E-state index in [1.807, 2.05) is 56.3 Å². The Bertz CT molecular complexity index is 893. The monoisotopic (exact) mass is 312 g/mol. The van der Waals surface area contributed by atoms with Crippen LogP contribution in [-0.4, -0.2) is 0 Å². The van der Waals surface area contributed by atoms with Gasteiger partial charge in [-0.25, -0.2) is 0 Å². The summed E-state index contributed by atoms with van der Waals surface area (Å²) in [5.74, 6) is 0.612. The Morgan fingerprint density at radius 1 is 1.09 bits per heavy atom. The molecule has 3 heteroatoms. The van der Waals surface area contributed by atoms with Gasteiger partial charge in [0.25, 0.3) is 0 Å². The standard InChI is InChI=1S/C19H17ClO2/c1-11-9-15(13(3)20)19-16(10-11)17(21)12(2)18(22-19)14-7-5-4-6-8-14/h4-10,13H,1-3H3/t13-/m0/s1. The van der Waals surface area contributed by atoms with Crippen LogP contribution in [0.25, 0.3) is 22.3 Å². The van der Waals surface area contributed by atoms with Crippen LogP contribution < -0.4 is 5.43 Å². The Morgan fingerprint density at radius 2 is 1.77 bits per heavy atom. The minimum absolute atomic E-state index is 0.00219. The third-order valence-electron chi connectivity index (χ3n) is 3.86. The van der Waals surface area contributed by atoms with Crippen molar-refractivity contribution < 1.29 is 4.42 Å². The van der Waals surface area contributed by atoms with Gasteiger partial charge in [0.05, 0.1) is 10.8 Å². The molecule has 0 aliphatic rings. The molecule has 2 aromatic carbocycles. The van der Waals surface area contributed by atoms with E-state index in [0.29, 0.717) is 22.3 Å². The second-order valence-corrected chi connectivity index (χ2v) is 6.25. The van der Waals surface area contributed by atoms with E-state index < -0.39 is 0 Å².